The minimum Gasteiger partial charge on any atom is -0.481 e. The number of pyridine rings is 1. The van der Waals surface area contributed by atoms with E-state index in [0.29, 0.717) is 12.5 Å². The standard InChI is InChI=1S/C20H26N2O2/c1-14(2)16-8-7-15(3)12-18(16)24-20(17-6-4-5-9-22-17)19-13-21-10-11-23-19/h4-9,12,14,19-21H,10-11,13H2,1-3H3. The highest BCUT2D eigenvalue weighted by Crippen LogP contribution is 2.33. The first kappa shape index (κ1) is 16.9. The third kappa shape index (κ3) is 3.94. The molecule has 0 radical (unpaired) electrons. The van der Waals surface area contributed by atoms with Gasteiger partial charge in [-0.2, -0.15) is 0 Å². The summed E-state index contributed by atoms with van der Waals surface area (Å²) in [5.74, 6) is 1.32. The first-order valence-corrected chi connectivity index (χ1v) is 8.65. The van der Waals surface area contributed by atoms with Crippen molar-refractivity contribution in [3.05, 3.63) is 59.4 Å². The maximum absolute atomic E-state index is 6.49. The molecule has 0 saturated carbocycles. The molecule has 0 bridgehead atoms. The van der Waals surface area contributed by atoms with E-state index in [4.69, 9.17) is 9.47 Å². The van der Waals surface area contributed by atoms with Gasteiger partial charge in [-0.25, -0.2) is 0 Å². The second-order valence-electron chi connectivity index (χ2n) is 6.60. The third-order valence-electron chi connectivity index (χ3n) is 4.32. The monoisotopic (exact) mass is 326 g/mol. The highest BCUT2D eigenvalue weighted by atomic mass is 16.5. The van der Waals surface area contributed by atoms with Crippen LogP contribution in [0.4, 0.5) is 0 Å². The van der Waals surface area contributed by atoms with Crippen molar-refractivity contribution in [2.75, 3.05) is 19.7 Å². The highest BCUT2D eigenvalue weighted by molar-refractivity contribution is 5.39. The van der Waals surface area contributed by atoms with Crippen molar-refractivity contribution in [2.45, 2.75) is 38.9 Å². The molecule has 1 aromatic heterocycles. The molecule has 0 aliphatic carbocycles. The van der Waals surface area contributed by atoms with Gasteiger partial charge in [-0.15, -0.1) is 0 Å². The number of nitrogens with zero attached hydrogens (tertiary/aromatic N) is 1. The molecule has 3 rings (SSSR count). The van der Waals surface area contributed by atoms with Gasteiger partial charge in [-0.3, -0.25) is 4.98 Å². The van der Waals surface area contributed by atoms with Crippen LogP contribution in [0.2, 0.25) is 0 Å². The lowest BCUT2D eigenvalue weighted by Gasteiger charge is -2.32. The third-order valence-corrected chi connectivity index (χ3v) is 4.32. The normalized spacial score (nSPS) is 19.2. The lowest BCUT2D eigenvalue weighted by atomic mass is 10.00. The number of aromatic nitrogens is 1. The Balaban J connectivity index is 1.93. The van der Waals surface area contributed by atoms with Crippen molar-refractivity contribution in [2.24, 2.45) is 0 Å². The van der Waals surface area contributed by atoms with Crippen molar-refractivity contribution in [1.82, 2.24) is 10.3 Å². The van der Waals surface area contributed by atoms with E-state index in [2.05, 4.69) is 49.3 Å². The molecule has 1 aromatic carbocycles. The van der Waals surface area contributed by atoms with E-state index in [1.807, 2.05) is 24.4 Å². The van der Waals surface area contributed by atoms with E-state index >= 15 is 0 Å². The van der Waals surface area contributed by atoms with Gasteiger partial charge < -0.3 is 14.8 Å². The molecule has 1 aliphatic rings. The number of aryl methyl sites for hydroxylation is 1. The van der Waals surface area contributed by atoms with Crippen LogP contribution in [0.15, 0.2) is 42.6 Å². The van der Waals surface area contributed by atoms with Crippen molar-refractivity contribution in [3.63, 3.8) is 0 Å². The molecular weight excluding hydrogens is 300 g/mol. The average molecular weight is 326 g/mol. The lowest BCUT2D eigenvalue weighted by molar-refractivity contribution is -0.0450. The van der Waals surface area contributed by atoms with Crippen molar-refractivity contribution >= 4 is 0 Å². The smallest absolute Gasteiger partial charge is 0.168 e. The molecule has 0 spiro atoms. The molecule has 2 aromatic rings. The Morgan fingerprint density at radius 1 is 1.25 bits per heavy atom. The quantitative estimate of drug-likeness (QED) is 0.911. The Kier molecular flexibility index (Phi) is 5.48. The SMILES string of the molecule is Cc1ccc(C(C)C)c(OC(c2ccccn2)C2CNCCO2)c1. The largest absolute Gasteiger partial charge is 0.481 e. The molecule has 1 fully saturated rings. The fourth-order valence-corrected chi connectivity index (χ4v) is 3.01. The fourth-order valence-electron chi connectivity index (χ4n) is 3.01. The van der Waals surface area contributed by atoms with Gasteiger partial charge in [0.1, 0.15) is 11.9 Å². The van der Waals surface area contributed by atoms with Crippen LogP contribution in [0.3, 0.4) is 0 Å². The molecule has 128 valence electrons. The van der Waals surface area contributed by atoms with Crippen molar-refractivity contribution in [1.29, 1.82) is 0 Å². The van der Waals surface area contributed by atoms with Gasteiger partial charge in [0.15, 0.2) is 6.10 Å². The molecule has 2 atom stereocenters. The number of hydrogen-bond donors (Lipinski definition) is 1. The van der Waals surface area contributed by atoms with Gasteiger partial charge in [0.2, 0.25) is 0 Å². The van der Waals surface area contributed by atoms with Gasteiger partial charge in [-0.05, 0) is 42.2 Å². The summed E-state index contributed by atoms with van der Waals surface area (Å²) in [6.45, 7) is 8.81. The average Bonchev–Trinajstić information content (AvgIpc) is 2.61. The lowest BCUT2D eigenvalue weighted by Crippen LogP contribution is -2.43. The highest BCUT2D eigenvalue weighted by Gasteiger charge is 2.29. The van der Waals surface area contributed by atoms with Gasteiger partial charge in [0.05, 0.1) is 12.3 Å². The molecule has 4 nitrogen and oxygen atoms in total. The van der Waals surface area contributed by atoms with E-state index in [1.165, 1.54) is 11.1 Å². The van der Waals surface area contributed by atoms with Crippen LogP contribution in [0.25, 0.3) is 0 Å². The van der Waals surface area contributed by atoms with Crippen LogP contribution >= 0.6 is 0 Å². The van der Waals surface area contributed by atoms with Crippen molar-refractivity contribution < 1.29 is 9.47 Å². The van der Waals surface area contributed by atoms with Crippen LogP contribution in [0, 0.1) is 6.92 Å². The topological polar surface area (TPSA) is 43.4 Å². The molecule has 24 heavy (non-hydrogen) atoms. The van der Waals surface area contributed by atoms with Gasteiger partial charge in [0, 0.05) is 19.3 Å². The van der Waals surface area contributed by atoms with E-state index in [0.717, 1.165) is 24.5 Å². The number of ether oxygens (including phenoxy) is 2. The Bertz CT molecular complexity index is 652. The molecule has 2 unspecified atom stereocenters. The molecule has 1 saturated heterocycles. The number of morpholine rings is 1. The van der Waals surface area contributed by atoms with Crippen LogP contribution in [0.5, 0.6) is 5.75 Å². The van der Waals surface area contributed by atoms with E-state index in [1.54, 1.807) is 0 Å². The minimum absolute atomic E-state index is 0.0471. The molecule has 2 heterocycles. The summed E-state index contributed by atoms with van der Waals surface area (Å²) >= 11 is 0. The summed E-state index contributed by atoms with van der Waals surface area (Å²) < 4.78 is 12.5. The maximum Gasteiger partial charge on any atom is 0.168 e. The van der Waals surface area contributed by atoms with Crippen LogP contribution < -0.4 is 10.1 Å². The van der Waals surface area contributed by atoms with Crippen LogP contribution in [-0.4, -0.2) is 30.8 Å². The second-order valence-corrected chi connectivity index (χ2v) is 6.60. The summed E-state index contributed by atoms with van der Waals surface area (Å²) in [7, 11) is 0. The maximum atomic E-state index is 6.49. The number of rotatable bonds is 5. The van der Waals surface area contributed by atoms with Gasteiger partial charge in [-0.1, -0.05) is 32.0 Å². The second kappa shape index (κ2) is 7.77. The first-order chi connectivity index (χ1) is 11.6. The molecule has 0 amide bonds. The molecular formula is C20H26N2O2. The Hall–Kier alpha value is -1.91. The fraction of sp³-hybridized carbons (Fsp3) is 0.450. The summed E-state index contributed by atoms with van der Waals surface area (Å²) in [5, 5.41) is 3.39. The van der Waals surface area contributed by atoms with E-state index < -0.39 is 0 Å². The summed E-state index contributed by atoms with van der Waals surface area (Å²) in [6.07, 6.45) is 1.54. The Labute approximate surface area is 144 Å². The zero-order chi connectivity index (χ0) is 16.9. The summed E-state index contributed by atoms with van der Waals surface area (Å²) in [5.41, 5.74) is 3.31. The number of benzene rings is 1. The zero-order valence-electron chi connectivity index (χ0n) is 14.7. The van der Waals surface area contributed by atoms with E-state index in [-0.39, 0.29) is 12.2 Å². The summed E-state index contributed by atoms with van der Waals surface area (Å²) in [4.78, 5) is 4.51. The molecule has 1 N–H and O–H groups in total. The number of nitrogens with one attached hydrogen (secondary N) is 1. The predicted octanol–water partition coefficient (Wildman–Crippen LogP) is 3.62. The van der Waals surface area contributed by atoms with Crippen LogP contribution in [-0.2, 0) is 4.74 Å². The number of hydrogen-bond acceptors (Lipinski definition) is 4. The molecule has 4 heteroatoms. The van der Waals surface area contributed by atoms with Gasteiger partial charge >= 0.3 is 0 Å². The Morgan fingerprint density at radius 3 is 2.79 bits per heavy atom. The van der Waals surface area contributed by atoms with E-state index in [9.17, 15) is 0 Å². The molecule has 1 aliphatic heterocycles. The predicted molar refractivity (Wildman–Crippen MR) is 95.5 cm³/mol. The Morgan fingerprint density at radius 2 is 2.12 bits per heavy atom. The zero-order valence-corrected chi connectivity index (χ0v) is 14.7. The van der Waals surface area contributed by atoms with Crippen LogP contribution in [0.1, 0.15) is 42.7 Å². The van der Waals surface area contributed by atoms with Gasteiger partial charge in [0.25, 0.3) is 0 Å². The minimum atomic E-state index is -0.224. The van der Waals surface area contributed by atoms with Crippen molar-refractivity contribution in [3.8, 4) is 5.75 Å². The first-order valence-electron chi connectivity index (χ1n) is 8.65. The summed E-state index contributed by atoms with van der Waals surface area (Å²) in [6, 6.07) is 12.3.